The van der Waals surface area contributed by atoms with E-state index >= 15 is 0 Å². The minimum Gasteiger partial charge on any atom is -0.494 e. The molecule has 0 bridgehead atoms. The first-order valence-electron chi connectivity index (χ1n) is 34.7. The van der Waals surface area contributed by atoms with Gasteiger partial charge in [0.25, 0.3) is 11.8 Å². The molecule has 1 aliphatic carbocycles. The number of fused-ring (bicyclic) bond motifs is 5. The number of imidazole rings is 2. The number of rotatable bonds is 29. The van der Waals surface area contributed by atoms with E-state index in [1.807, 2.05) is 74.5 Å². The number of carbonyl (C=O) groups excluding carboxylic acids is 7. The number of amides is 7. The summed E-state index contributed by atoms with van der Waals surface area (Å²) >= 11 is 0. The Bertz CT molecular complexity index is 5090. The Labute approximate surface area is 610 Å². The van der Waals surface area contributed by atoms with Gasteiger partial charge in [-0.2, -0.15) is 28.6 Å². The number of ether oxygens (including phenoxy) is 4. The summed E-state index contributed by atoms with van der Waals surface area (Å²) < 4.78 is 66.8. The number of benzene rings is 5. The fourth-order valence-corrected chi connectivity index (χ4v) is 13.5. The maximum absolute atomic E-state index is 14.1. The lowest BCUT2D eigenvalue weighted by Crippen LogP contribution is -2.49. The van der Waals surface area contributed by atoms with Crippen molar-refractivity contribution in [3.63, 3.8) is 0 Å². The van der Waals surface area contributed by atoms with Gasteiger partial charge < -0.3 is 69.2 Å². The molecule has 0 radical (unpaired) electrons. The largest absolute Gasteiger partial charge is 0.494 e. The second kappa shape index (κ2) is 33.0. The lowest BCUT2D eigenvalue weighted by atomic mass is 9.98. The lowest BCUT2D eigenvalue weighted by Gasteiger charge is -2.34. The summed E-state index contributed by atoms with van der Waals surface area (Å²) in [6.45, 7) is 15.7. The first kappa shape index (κ1) is 75.5. The second-order valence-corrected chi connectivity index (χ2v) is 27.9. The molecular formula is C74H86N16O15S. The second-order valence-electron chi connectivity index (χ2n) is 26.7. The molecule has 5 heterocycles. The number of methoxy groups -OCH3 is 1. The van der Waals surface area contributed by atoms with Crippen molar-refractivity contribution < 1.29 is 69.3 Å². The number of alkyl carbamates (subject to hydrolysis) is 1. The van der Waals surface area contributed by atoms with Crippen molar-refractivity contribution in [2.45, 2.75) is 106 Å². The van der Waals surface area contributed by atoms with Gasteiger partial charge in [-0.25, -0.2) is 13.8 Å². The zero-order chi connectivity index (χ0) is 75.6. The van der Waals surface area contributed by atoms with E-state index in [2.05, 4.69) is 45.7 Å². The van der Waals surface area contributed by atoms with E-state index in [4.69, 9.17) is 38.8 Å². The number of allylic oxidation sites excluding steroid dienone is 2. The van der Waals surface area contributed by atoms with Crippen LogP contribution in [-0.4, -0.2) is 165 Å². The van der Waals surface area contributed by atoms with Crippen molar-refractivity contribution in [1.82, 2.24) is 53.8 Å². The molecule has 0 atom stereocenters. The fraction of sp³-hybridized carbons (Fsp3) is 0.365. The fourth-order valence-electron chi connectivity index (χ4n) is 12.6. The third-order valence-electron chi connectivity index (χ3n) is 17.7. The minimum atomic E-state index is -4.60. The van der Waals surface area contributed by atoms with E-state index in [1.165, 1.54) is 37.4 Å². The van der Waals surface area contributed by atoms with Crippen LogP contribution in [0.2, 0.25) is 0 Å². The van der Waals surface area contributed by atoms with Gasteiger partial charge in [-0.3, -0.25) is 38.2 Å². The zero-order valence-corrected chi connectivity index (χ0v) is 61.0. The van der Waals surface area contributed by atoms with Gasteiger partial charge in [0.2, 0.25) is 29.0 Å². The first-order chi connectivity index (χ1) is 50.8. The molecule has 1 aliphatic heterocycles. The molecule has 106 heavy (non-hydrogen) atoms. The minimum absolute atomic E-state index is 0.0255. The molecule has 32 heteroatoms. The van der Waals surface area contributed by atoms with Crippen LogP contribution in [0.25, 0.3) is 33.2 Å². The van der Waals surface area contributed by atoms with Gasteiger partial charge >= 0.3 is 22.6 Å². The normalized spacial score (nSPS) is 13.7. The topological polar surface area (TPSA) is 393 Å². The van der Waals surface area contributed by atoms with Crippen molar-refractivity contribution in [2.75, 3.05) is 71.5 Å². The van der Waals surface area contributed by atoms with Crippen LogP contribution in [0.15, 0.2) is 125 Å². The molecule has 5 aromatic carbocycles. The van der Waals surface area contributed by atoms with Crippen molar-refractivity contribution >= 4 is 79.9 Å². The van der Waals surface area contributed by atoms with Crippen molar-refractivity contribution in [2.24, 2.45) is 26.9 Å². The molecule has 1 saturated heterocycles. The molecule has 558 valence electrons. The maximum atomic E-state index is 14.1. The van der Waals surface area contributed by atoms with Crippen LogP contribution in [0.1, 0.15) is 130 Å². The monoisotopic (exact) mass is 1470 g/mol. The summed E-state index contributed by atoms with van der Waals surface area (Å²) in [6.07, 6.45) is 3.01. The van der Waals surface area contributed by atoms with Crippen LogP contribution < -0.4 is 47.0 Å². The molecule has 8 N–H and O–H groups in total. The first-order valence-corrected chi connectivity index (χ1v) is 36.1. The molecule has 0 saturated carbocycles. The quantitative estimate of drug-likeness (QED) is 0.0191. The number of anilines is 1. The molecule has 31 nitrogen and oxygen atoms in total. The van der Waals surface area contributed by atoms with Gasteiger partial charge in [0, 0.05) is 88.9 Å². The Morgan fingerprint density at radius 1 is 0.689 bits per heavy atom. The molecule has 9 aromatic rings. The summed E-state index contributed by atoms with van der Waals surface area (Å²) in [7, 11) is -3.16. The number of nitrogens with one attached hydrogen (secondary N) is 4. The third-order valence-corrected chi connectivity index (χ3v) is 18.5. The molecule has 7 amide bonds. The molecule has 4 aromatic heterocycles. The number of nitrogens with two attached hydrogens (primary N) is 2. The number of hydrogen-bond acceptors (Lipinski definition) is 18. The number of piperazine rings is 1. The highest BCUT2D eigenvalue weighted by molar-refractivity contribution is 7.82. The number of hydrogen-bond donors (Lipinski definition) is 6. The third kappa shape index (κ3) is 18.1. The number of primary amides is 2. The van der Waals surface area contributed by atoms with Crippen LogP contribution in [0.3, 0.4) is 0 Å². The predicted octanol–water partition coefficient (Wildman–Crippen LogP) is 7.91. The molecule has 0 spiro atoms. The number of aromatic amines is 2. The summed E-state index contributed by atoms with van der Waals surface area (Å²) in [5, 5.41) is 14.3. The Morgan fingerprint density at radius 3 is 1.79 bits per heavy atom. The number of nitrogens with zero attached hydrogens (tertiary/aromatic N) is 10. The van der Waals surface area contributed by atoms with Crippen LogP contribution in [0.5, 0.6) is 17.2 Å². The van der Waals surface area contributed by atoms with Gasteiger partial charge in [-0.15, -0.1) is 0 Å². The van der Waals surface area contributed by atoms with E-state index in [0.29, 0.717) is 91.3 Å². The lowest BCUT2D eigenvalue weighted by molar-refractivity contribution is -0.116. The van der Waals surface area contributed by atoms with Gasteiger partial charge in [0.05, 0.1) is 48.4 Å². The Hall–Kier alpha value is -11.6. The summed E-state index contributed by atoms with van der Waals surface area (Å²) in [5.41, 5.74) is 19.8. The maximum Gasteiger partial charge on any atom is 0.449 e. The predicted molar refractivity (Wildman–Crippen MR) is 391 cm³/mol. The Balaban J connectivity index is 0.731. The van der Waals surface area contributed by atoms with E-state index in [0.717, 1.165) is 22.3 Å². The Kier molecular flexibility index (Phi) is 23.5. The van der Waals surface area contributed by atoms with Gasteiger partial charge in [-0.1, -0.05) is 87.5 Å². The van der Waals surface area contributed by atoms with Gasteiger partial charge in [-0.05, 0) is 122 Å². The Morgan fingerprint density at radius 2 is 1.25 bits per heavy atom. The van der Waals surface area contributed by atoms with E-state index in [-0.39, 0.29) is 122 Å². The highest BCUT2D eigenvalue weighted by Gasteiger charge is 2.31. The molecule has 1 fully saturated rings. The van der Waals surface area contributed by atoms with Crippen LogP contribution >= 0.6 is 0 Å². The van der Waals surface area contributed by atoms with E-state index in [9.17, 15) is 42.0 Å². The van der Waals surface area contributed by atoms with E-state index in [1.54, 1.807) is 82.3 Å². The summed E-state index contributed by atoms with van der Waals surface area (Å²) in [5.74, 6) is -2.93. The summed E-state index contributed by atoms with van der Waals surface area (Å²) in [4.78, 5) is 112. The van der Waals surface area contributed by atoms with Gasteiger partial charge in [0.15, 0.2) is 5.75 Å². The SMILES string of the molecule is CCn1nc(C)cc1C(=O)N=c1[nH]c2cc(C(N)=O)cc(OC)c2n1C/C=C/Cn1c(=NC(=O)c2cc(C)nn2CC)[nH]c2cc(C(N)=O)cc(OCCCN3CCN(C(=O)OCc4ccc(OS(=O)(=O)OCC(C)(C)C)c(NC(=O)CCCNC(=O)OCC5c6ccccc6-c6ccccc65)c4)CC3)c21. The van der Waals surface area contributed by atoms with Gasteiger partial charge in [0.1, 0.15) is 47.1 Å². The molecule has 2 aliphatic rings. The number of aromatic nitrogens is 8. The van der Waals surface area contributed by atoms with Crippen molar-refractivity contribution in [3.8, 4) is 28.4 Å². The summed E-state index contributed by atoms with van der Waals surface area (Å²) in [6, 6.07) is 29.7. The van der Waals surface area contributed by atoms with Crippen LogP contribution in [-0.2, 0) is 61.6 Å². The average Bonchev–Trinajstić information content (AvgIpc) is 1.63. The van der Waals surface area contributed by atoms with Crippen LogP contribution in [0.4, 0.5) is 15.3 Å². The average molecular weight is 1470 g/mol. The molecule has 11 rings (SSSR count). The van der Waals surface area contributed by atoms with E-state index < -0.39 is 57.5 Å². The smallest absolute Gasteiger partial charge is 0.449 e. The van der Waals surface area contributed by atoms with Crippen LogP contribution in [0, 0.1) is 19.3 Å². The molecule has 0 unspecified atom stereocenters. The van der Waals surface area contributed by atoms with Crippen molar-refractivity contribution in [1.29, 1.82) is 0 Å². The molecular weight excluding hydrogens is 1380 g/mol. The van der Waals surface area contributed by atoms with Crippen molar-refractivity contribution in [3.05, 3.63) is 177 Å². The zero-order valence-electron chi connectivity index (χ0n) is 60.2. The highest BCUT2D eigenvalue weighted by atomic mass is 32.3. The highest BCUT2D eigenvalue weighted by Crippen LogP contribution is 2.44. The number of H-pyrrole nitrogens is 2. The number of aryl methyl sites for hydroxylation is 4. The number of carbonyl (C=O) groups is 7. The standard InChI is InChI=1S/C74H86N16O15S/c1-9-89-58(35-45(3)83-89)68(94)81-70-79-56-38-48(66(75)92)40-61(100-8)64(56)87(70)28-15-16-29-88-65-57(80-71(88)82-69(95)59-36-46(4)84-90(59)10-2)39-49(67(76)93)41-62(65)101-34-18-27-85-30-32-86(33-31-85)73(97)103-42-47-24-25-60(105-106(98,99)104-44-74(5,6)7)55(37-47)78-63(91)23-17-26-77-72(96)102-43-54-52-21-13-11-19-50(52)51-20-12-14-22-53(51)54/h11-16,19-22,24-25,35-41,54H,9-10,17-18,23,26-34,42-44H2,1-8H3,(H2,75,92)(H2,76,93)(H,77,96)(H,78,91)(H,79,81,94)(H,80,82,95)/b16-15+.